The van der Waals surface area contributed by atoms with Crippen LogP contribution in [-0.2, 0) is 0 Å². The molecule has 2 aliphatic heterocycles. The van der Waals surface area contributed by atoms with Crippen LogP contribution >= 0.6 is 11.8 Å². The highest BCUT2D eigenvalue weighted by Gasteiger charge is 2.24. The van der Waals surface area contributed by atoms with Gasteiger partial charge < -0.3 is 14.7 Å². The van der Waals surface area contributed by atoms with Gasteiger partial charge in [-0.3, -0.25) is 9.36 Å². The molecule has 8 nitrogen and oxygen atoms in total. The summed E-state index contributed by atoms with van der Waals surface area (Å²) in [5.41, 5.74) is 1.65. The summed E-state index contributed by atoms with van der Waals surface area (Å²) < 4.78 is 1.80. The van der Waals surface area contributed by atoms with Gasteiger partial charge in [-0.15, -0.1) is 0 Å². The minimum Gasteiger partial charge on any atom is -0.368 e. The summed E-state index contributed by atoms with van der Waals surface area (Å²) in [6.45, 7) is 4.99. The number of carbonyl (C=O) groups is 1. The van der Waals surface area contributed by atoms with Gasteiger partial charge in [0.15, 0.2) is 0 Å². The lowest BCUT2D eigenvalue weighted by Gasteiger charge is -2.35. The first-order valence-electron chi connectivity index (χ1n) is 10.6. The van der Waals surface area contributed by atoms with Gasteiger partial charge in [0.1, 0.15) is 30.0 Å². The Morgan fingerprint density at radius 3 is 2.35 bits per heavy atom. The third-order valence-electron chi connectivity index (χ3n) is 5.73. The predicted molar refractivity (Wildman–Crippen MR) is 123 cm³/mol. The summed E-state index contributed by atoms with van der Waals surface area (Å²) in [4.78, 5) is 32.6. The number of anilines is 2. The number of amides is 1. The van der Waals surface area contributed by atoms with E-state index in [2.05, 4.69) is 36.9 Å². The molecule has 31 heavy (non-hydrogen) atoms. The maximum absolute atomic E-state index is 13.0. The van der Waals surface area contributed by atoms with Crippen molar-refractivity contribution in [3.05, 3.63) is 60.9 Å². The van der Waals surface area contributed by atoms with Crippen LogP contribution in [0.25, 0.3) is 5.82 Å². The van der Waals surface area contributed by atoms with E-state index in [1.807, 2.05) is 40.9 Å². The summed E-state index contributed by atoms with van der Waals surface area (Å²) >= 11 is 1.97. The Balaban J connectivity index is 1.25. The van der Waals surface area contributed by atoms with E-state index in [9.17, 15) is 4.79 Å². The Labute approximate surface area is 185 Å². The van der Waals surface area contributed by atoms with Crippen molar-refractivity contribution in [1.82, 2.24) is 24.4 Å². The van der Waals surface area contributed by atoms with Gasteiger partial charge in [0.25, 0.3) is 5.91 Å². The molecule has 2 saturated heterocycles. The molecule has 0 atom stereocenters. The second-order valence-electron chi connectivity index (χ2n) is 7.61. The second kappa shape index (κ2) is 8.97. The van der Waals surface area contributed by atoms with Crippen molar-refractivity contribution in [3.63, 3.8) is 0 Å². The van der Waals surface area contributed by atoms with E-state index in [4.69, 9.17) is 0 Å². The monoisotopic (exact) mass is 435 g/mol. The van der Waals surface area contributed by atoms with Crippen LogP contribution in [0.15, 0.2) is 55.2 Å². The van der Waals surface area contributed by atoms with Crippen LogP contribution in [-0.4, -0.2) is 81.1 Å². The van der Waals surface area contributed by atoms with Crippen molar-refractivity contribution >= 4 is 29.2 Å². The van der Waals surface area contributed by atoms with Crippen molar-refractivity contribution in [1.29, 1.82) is 0 Å². The highest BCUT2D eigenvalue weighted by molar-refractivity contribution is 7.99. The number of imidazole rings is 1. The molecule has 2 aromatic heterocycles. The van der Waals surface area contributed by atoms with Crippen LogP contribution < -0.4 is 9.80 Å². The normalized spacial score (nSPS) is 17.1. The highest BCUT2D eigenvalue weighted by Crippen LogP contribution is 2.20. The topological polar surface area (TPSA) is 70.4 Å². The predicted octanol–water partition coefficient (Wildman–Crippen LogP) is 2.18. The Kier molecular flexibility index (Phi) is 5.75. The summed E-state index contributed by atoms with van der Waals surface area (Å²) in [7, 11) is 0. The maximum Gasteiger partial charge on any atom is 0.274 e. The van der Waals surface area contributed by atoms with E-state index in [0.717, 1.165) is 49.3 Å². The van der Waals surface area contributed by atoms with Crippen LogP contribution in [0, 0.1) is 0 Å². The lowest BCUT2D eigenvalue weighted by Crippen LogP contribution is -2.48. The number of para-hydroxylation sites is 1. The van der Waals surface area contributed by atoms with Gasteiger partial charge in [-0.2, -0.15) is 11.8 Å². The second-order valence-corrected chi connectivity index (χ2v) is 8.84. The molecule has 9 heteroatoms. The minimum absolute atomic E-state index is 0.0335. The molecule has 0 spiro atoms. The number of rotatable bonds is 4. The third-order valence-corrected chi connectivity index (χ3v) is 6.67. The van der Waals surface area contributed by atoms with Gasteiger partial charge >= 0.3 is 0 Å². The lowest BCUT2D eigenvalue weighted by molar-refractivity contribution is 0.0741. The SMILES string of the molecule is O=C(c1cn(-c2cc(N3CCSCC3)ncn2)cn1)N1CCN(c2ccccc2)CC1. The first kappa shape index (κ1) is 19.9. The molecular formula is C22H25N7OS. The average Bonchev–Trinajstić information content (AvgIpc) is 3.35. The molecule has 4 heterocycles. The van der Waals surface area contributed by atoms with Gasteiger partial charge in [-0.1, -0.05) is 18.2 Å². The molecule has 2 fully saturated rings. The van der Waals surface area contributed by atoms with E-state index >= 15 is 0 Å². The Hall–Kier alpha value is -3.07. The largest absolute Gasteiger partial charge is 0.368 e. The van der Waals surface area contributed by atoms with Gasteiger partial charge in [-0.25, -0.2) is 15.0 Å². The zero-order valence-corrected chi connectivity index (χ0v) is 18.1. The molecule has 5 rings (SSSR count). The summed E-state index contributed by atoms with van der Waals surface area (Å²) in [6, 6.07) is 12.3. The molecule has 1 aromatic carbocycles. The maximum atomic E-state index is 13.0. The molecule has 0 unspecified atom stereocenters. The number of hydrogen-bond donors (Lipinski definition) is 0. The van der Waals surface area contributed by atoms with Crippen LogP contribution in [0.1, 0.15) is 10.5 Å². The quantitative estimate of drug-likeness (QED) is 0.622. The molecular weight excluding hydrogens is 410 g/mol. The standard InChI is InChI=1S/C22H25N7OS/c30-22(28-8-6-26(7-9-28)18-4-2-1-3-5-18)19-15-29(17-25-19)21-14-20(23-16-24-21)27-10-12-31-13-11-27/h1-5,14-17H,6-13H2. The van der Waals surface area contributed by atoms with Gasteiger partial charge in [0, 0.05) is 68.7 Å². The van der Waals surface area contributed by atoms with E-state index in [-0.39, 0.29) is 5.91 Å². The highest BCUT2D eigenvalue weighted by atomic mass is 32.2. The zero-order chi connectivity index (χ0) is 21.0. The number of thioether (sulfide) groups is 1. The van der Waals surface area contributed by atoms with Crippen molar-refractivity contribution < 1.29 is 4.79 Å². The molecule has 0 bridgehead atoms. The van der Waals surface area contributed by atoms with Crippen molar-refractivity contribution in [2.24, 2.45) is 0 Å². The summed E-state index contributed by atoms with van der Waals surface area (Å²) in [5, 5.41) is 0. The average molecular weight is 436 g/mol. The number of piperazine rings is 1. The van der Waals surface area contributed by atoms with E-state index < -0.39 is 0 Å². The van der Waals surface area contributed by atoms with Gasteiger partial charge in [0.2, 0.25) is 0 Å². The van der Waals surface area contributed by atoms with Crippen molar-refractivity contribution in [3.8, 4) is 5.82 Å². The molecule has 1 amide bonds. The number of aromatic nitrogens is 4. The van der Waals surface area contributed by atoms with Crippen LogP contribution in [0.5, 0.6) is 0 Å². The number of carbonyl (C=O) groups excluding carboxylic acids is 1. The third kappa shape index (κ3) is 4.36. The number of hydrogen-bond acceptors (Lipinski definition) is 7. The lowest BCUT2D eigenvalue weighted by atomic mass is 10.2. The first-order valence-corrected chi connectivity index (χ1v) is 11.7. The van der Waals surface area contributed by atoms with Gasteiger partial charge in [-0.05, 0) is 12.1 Å². The van der Waals surface area contributed by atoms with E-state index in [1.54, 1.807) is 23.4 Å². The number of benzene rings is 1. The molecule has 0 saturated carbocycles. The van der Waals surface area contributed by atoms with Crippen LogP contribution in [0.4, 0.5) is 11.5 Å². The molecule has 0 aliphatic carbocycles. The zero-order valence-electron chi connectivity index (χ0n) is 17.3. The van der Waals surface area contributed by atoms with Gasteiger partial charge in [0.05, 0.1) is 0 Å². The molecule has 0 N–H and O–H groups in total. The number of nitrogens with zero attached hydrogens (tertiary/aromatic N) is 7. The fourth-order valence-electron chi connectivity index (χ4n) is 3.97. The van der Waals surface area contributed by atoms with Crippen LogP contribution in [0.2, 0.25) is 0 Å². The van der Waals surface area contributed by atoms with Crippen LogP contribution in [0.3, 0.4) is 0 Å². The van der Waals surface area contributed by atoms with E-state index in [1.165, 1.54) is 5.69 Å². The smallest absolute Gasteiger partial charge is 0.274 e. The molecule has 0 radical (unpaired) electrons. The Morgan fingerprint density at radius 2 is 1.58 bits per heavy atom. The first-order chi connectivity index (χ1) is 15.3. The summed E-state index contributed by atoms with van der Waals surface area (Å²) in [6.07, 6.45) is 5.01. The Morgan fingerprint density at radius 1 is 0.839 bits per heavy atom. The molecule has 2 aliphatic rings. The van der Waals surface area contributed by atoms with E-state index in [0.29, 0.717) is 18.8 Å². The van der Waals surface area contributed by atoms with Crippen molar-refractivity contribution in [2.75, 3.05) is 60.6 Å². The Bertz CT molecular complexity index is 1030. The minimum atomic E-state index is -0.0335. The fraction of sp³-hybridized carbons (Fsp3) is 0.364. The summed E-state index contributed by atoms with van der Waals surface area (Å²) in [5.74, 6) is 3.84. The molecule has 160 valence electrons. The van der Waals surface area contributed by atoms with Crippen molar-refractivity contribution in [2.45, 2.75) is 0 Å². The molecule has 3 aromatic rings. The fourth-order valence-corrected chi connectivity index (χ4v) is 4.87.